The van der Waals surface area contributed by atoms with E-state index in [0.29, 0.717) is 10.5 Å². The number of rotatable bonds is 4. The Balaban J connectivity index is 2.58. The normalized spacial score (nSPS) is 11.4. The average molecular weight is 279 g/mol. The Hall–Kier alpha value is -1.30. The fourth-order valence-electron chi connectivity index (χ4n) is 1.71. The molecule has 94 valence electrons. The molecule has 0 aliphatic heterocycles. The summed E-state index contributed by atoms with van der Waals surface area (Å²) in [4.78, 5) is 0.297. The van der Waals surface area contributed by atoms with E-state index < -0.39 is 10.0 Å². The highest BCUT2D eigenvalue weighted by atomic mass is 32.3. The highest BCUT2D eigenvalue weighted by molar-refractivity contribution is 8.08. The van der Waals surface area contributed by atoms with Crippen LogP contribution in [0.1, 0.15) is 0 Å². The SMILES string of the molecule is CSNS(=O)(=O)c1ccccc1-c1ccccc1. The number of hydrogen-bond acceptors (Lipinski definition) is 3. The molecular weight excluding hydrogens is 266 g/mol. The van der Waals surface area contributed by atoms with Crippen molar-refractivity contribution in [1.29, 1.82) is 0 Å². The monoisotopic (exact) mass is 279 g/mol. The average Bonchev–Trinajstić information content (AvgIpc) is 2.40. The van der Waals surface area contributed by atoms with Crippen LogP contribution < -0.4 is 4.13 Å². The Bertz CT molecular complexity index is 624. The maximum absolute atomic E-state index is 12.1. The van der Waals surface area contributed by atoms with Gasteiger partial charge in [-0.15, -0.1) is 0 Å². The van der Waals surface area contributed by atoms with Crippen LogP contribution in [0.3, 0.4) is 0 Å². The van der Waals surface area contributed by atoms with Crippen molar-refractivity contribution >= 4 is 22.0 Å². The molecule has 0 heterocycles. The maximum atomic E-state index is 12.1. The molecule has 0 atom stereocenters. The van der Waals surface area contributed by atoms with Gasteiger partial charge in [0.2, 0.25) is 10.0 Å². The minimum absolute atomic E-state index is 0.297. The zero-order chi connectivity index (χ0) is 13.0. The first-order chi connectivity index (χ1) is 8.65. The third kappa shape index (κ3) is 2.75. The van der Waals surface area contributed by atoms with Gasteiger partial charge in [0.25, 0.3) is 0 Å². The van der Waals surface area contributed by atoms with Crippen LogP contribution in [0.25, 0.3) is 11.1 Å². The van der Waals surface area contributed by atoms with Crippen molar-refractivity contribution in [1.82, 2.24) is 4.13 Å². The van der Waals surface area contributed by atoms with E-state index in [9.17, 15) is 8.42 Å². The molecule has 0 spiro atoms. The second-order valence-corrected chi connectivity index (χ2v) is 6.17. The largest absolute Gasteiger partial charge is 0.250 e. The minimum Gasteiger partial charge on any atom is -0.206 e. The lowest BCUT2D eigenvalue weighted by Gasteiger charge is -2.10. The van der Waals surface area contributed by atoms with Crippen molar-refractivity contribution in [2.45, 2.75) is 4.90 Å². The van der Waals surface area contributed by atoms with Crippen LogP contribution in [0.2, 0.25) is 0 Å². The van der Waals surface area contributed by atoms with E-state index in [1.54, 1.807) is 18.4 Å². The van der Waals surface area contributed by atoms with Crippen LogP contribution in [-0.4, -0.2) is 14.7 Å². The van der Waals surface area contributed by atoms with E-state index in [1.165, 1.54) is 0 Å². The summed E-state index contributed by atoms with van der Waals surface area (Å²) < 4.78 is 26.6. The molecule has 0 aromatic heterocycles. The van der Waals surface area contributed by atoms with Crippen LogP contribution in [0.4, 0.5) is 0 Å². The van der Waals surface area contributed by atoms with Crippen molar-refractivity contribution in [2.24, 2.45) is 0 Å². The molecule has 0 bridgehead atoms. The number of sulfonamides is 1. The summed E-state index contributed by atoms with van der Waals surface area (Å²) in [7, 11) is -3.48. The van der Waals surface area contributed by atoms with Crippen LogP contribution >= 0.6 is 11.9 Å². The quantitative estimate of drug-likeness (QED) is 0.875. The first-order valence-corrected chi connectivity index (χ1v) is 8.05. The molecule has 1 N–H and O–H groups in total. The molecule has 0 amide bonds. The Kier molecular flexibility index (Phi) is 4.06. The van der Waals surface area contributed by atoms with Gasteiger partial charge >= 0.3 is 0 Å². The molecule has 0 fully saturated rings. The Morgan fingerprint density at radius 1 is 0.944 bits per heavy atom. The molecule has 0 saturated heterocycles. The molecule has 2 rings (SSSR count). The summed E-state index contributed by atoms with van der Waals surface area (Å²) in [6.45, 7) is 0. The summed E-state index contributed by atoms with van der Waals surface area (Å²) in [5.41, 5.74) is 1.60. The van der Waals surface area contributed by atoms with Crippen LogP contribution in [-0.2, 0) is 10.0 Å². The minimum atomic E-state index is -3.48. The topological polar surface area (TPSA) is 46.2 Å². The highest BCUT2D eigenvalue weighted by Crippen LogP contribution is 2.27. The predicted octanol–water partition coefficient (Wildman–Crippen LogP) is 2.91. The number of hydrogen-bond donors (Lipinski definition) is 1. The molecule has 0 unspecified atom stereocenters. The van der Waals surface area contributed by atoms with E-state index in [4.69, 9.17) is 0 Å². The molecule has 18 heavy (non-hydrogen) atoms. The van der Waals surface area contributed by atoms with Crippen molar-refractivity contribution in [3.8, 4) is 11.1 Å². The van der Waals surface area contributed by atoms with Crippen LogP contribution in [0.5, 0.6) is 0 Å². The molecule has 2 aromatic carbocycles. The van der Waals surface area contributed by atoms with Crippen molar-refractivity contribution < 1.29 is 8.42 Å². The van der Waals surface area contributed by atoms with Gasteiger partial charge in [-0.1, -0.05) is 60.5 Å². The van der Waals surface area contributed by atoms with E-state index in [2.05, 4.69) is 4.13 Å². The van der Waals surface area contributed by atoms with Gasteiger partial charge in [-0.2, -0.15) is 4.13 Å². The molecular formula is C13H13NO2S2. The molecule has 0 saturated carbocycles. The van der Waals surface area contributed by atoms with Crippen molar-refractivity contribution in [3.63, 3.8) is 0 Å². The summed E-state index contributed by atoms with van der Waals surface area (Å²) >= 11 is 1.07. The first kappa shape index (κ1) is 13.1. The number of nitrogens with one attached hydrogen (secondary N) is 1. The van der Waals surface area contributed by atoms with Gasteiger partial charge in [-0.05, 0) is 17.9 Å². The van der Waals surface area contributed by atoms with E-state index >= 15 is 0 Å². The maximum Gasteiger partial charge on any atom is 0.250 e. The summed E-state index contributed by atoms with van der Waals surface area (Å²) in [5.74, 6) is 0. The van der Waals surface area contributed by atoms with Gasteiger partial charge in [0.1, 0.15) is 0 Å². The standard InChI is InChI=1S/C13H13NO2S2/c1-17-14-18(15,16)13-10-6-5-9-12(13)11-7-3-2-4-8-11/h2-10,14H,1H3. The van der Waals surface area contributed by atoms with Crippen molar-refractivity contribution in [2.75, 3.05) is 6.26 Å². The molecule has 3 nitrogen and oxygen atoms in total. The first-order valence-electron chi connectivity index (χ1n) is 5.34. The predicted molar refractivity (Wildman–Crippen MR) is 75.7 cm³/mol. The lowest BCUT2D eigenvalue weighted by atomic mass is 10.1. The van der Waals surface area contributed by atoms with E-state index in [0.717, 1.165) is 17.5 Å². The fraction of sp³-hybridized carbons (Fsp3) is 0.0769. The molecule has 0 radical (unpaired) electrons. The molecule has 2 aromatic rings. The molecule has 0 aliphatic carbocycles. The van der Waals surface area contributed by atoms with Crippen molar-refractivity contribution in [3.05, 3.63) is 54.6 Å². The number of benzene rings is 2. The Morgan fingerprint density at radius 2 is 1.56 bits per heavy atom. The fourth-order valence-corrected chi connectivity index (χ4v) is 3.68. The third-order valence-electron chi connectivity index (χ3n) is 2.45. The van der Waals surface area contributed by atoms with Gasteiger partial charge in [0, 0.05) is 5.56 Å². The Morgan fingerprint density at radius 3 is 2.22 bits per heavy atom. The van der Waals surface area contributed by atoms with E-state index in [-0.39, 0.29) is 0 Å². The van der Waals surface area contributed by atoms with Crippen LogP contribution in [0.15, 0.2) is 59.5 Å². The highest BCUT2D eigenvalue weighted by Gasteiger charge is 2.17. The smallest absolute Gasteiger partial charge is 0.206 e. The second kappa shape index (κ2) is 5.56. The van der Waals surface area contributed by atoms with Gasteiger partial charge in [-0.3, -0.25) is 0 Å². The summed E-state index contributed by atoms with van der Waals surface area (Å²) in [6.07, 6.45) is 1.68. The summed E-state index contributed by atoms with van der Waals surface area (Å²) in [6, 6.07) is 16.5. The van der Waals surface area contributed by atoms with E-state index in [1.807, 2.05) is 42.5 Å². The lowest BCUT2D eigenvalue weighted by molar-refractivity contribution is 0.595. The van der Waals surface area contributed by atoms with Gasteiger partial charge in [-0.25, -0.2) is 8.42 Å². The van der Waals surface area contributed by atoms with Gasteiger partial charge in [0.15, 0.2) is 0 Å². The molecule has 0 aliphatic rings. The van der Waals surface area contributed by atoms with Gasteiger partial charge in [0.05, 0.1) is 4.90 Å². The van der Waals surface area contributed by atoms with Gasteiger partial charge < -0.3 is 0 Å². The zero-order valence-corrected chi connectivity index (χ0v) is 11.5. The summed E-state index contributed by atoms with van der Waals surface area (Å²) in [5, 5.41) is 0. The van der Waals surface area contributed by atoms with Crippen LogP contribution in [0, 0.1) is 0 Å². The Labute approximate surface area is 111 Å². The molecule has 5 heteroatoms. The second-order valence-electron chi connectivity index (χ2n) is 3.65. The third-order valence-corrected chi connectivity index (χ3v) is 4.93. The zero-order valence-electron chi connectivity index (χ0n) is 9.83. The lowest BCUT2D eigenvalue weighted by Crippen LogP contribution is -2.16.